The van der Waals surface area contributed by atoms with Crippen LogP contribution in [0.1, 0.15) is 19.8 Å². The minimum atomic E-state index is -2.84. The number of hydrogen-bond donors (Lipinski definition) is 1. The Morgan fingerprint density at radius 2 is 1.94 bits per heavy atom. The van der Waals surface area contributed by atoms with Crippen LogP contribution in [0.4, 0.5) is 0 Å². The van der Waals surface area contributed by atoms with Gasteiger partial charge in [-0.3, -0.25) is 4.79 Å². The summed E-state index contributed by atoms with van der Waals surface area (Å²) < 4.78 is 22.5. The monoisotopic (exact) mass is 249 g/mol. The molecule has 1 fully saturated rings. The summed E-state index contributed by atoms with van der Waals surface area (Å²) in [5.74, 6) is -0.772. The number of carboxylic acids is 1. The molecule has 1 heterocycles. The second-order valence-corrected chi connectivity index (χ2v) is 6.87. The Morgan fingerprint density at radius 3 is 2.38 bits per heavy atom. The summed E-state index contributed by atoms with van der Waals surface area (Å²) >= 11 is 0. The number of carbonyl (C=O) groups is 1. The first-order valence-corrected chi connectivity index (χ1v) is 7.27. The van der Waals surface area contributed by atoms with Crippen molar-refractivity contribution < 1.29 is 18.3 Å². The molecule has 6 heteroatoms. The molecule has 0 aromatic carbocycles. The highest BCUT2D eigenvalue weighted by Crippen LogP contribution is 2.17. The van der Waals surface area contributed by atoms with Gasteiger partial charge in [-0.05, 0) is 19.9 Å². The van der Waals surface area contributed by atoms with Crippen LogP contribution in [-0.4, -0.2) is 55.5 Å². The van der Waals surface area contributed by atoms with E-state index in [1.165, 1.54) is 0 Å². The van der Waals surface area contributed by atoms with Gasteiger partial charge in [0.15, 0.2) is 0 Å². The Labute approximate surface area is 96.4 Å². The first-order valence-electron chi connectivity index (χ1n) is 5.45. The van der Waals surface area contributed by atoms with Crippen LogP contribution in [0.5, 0.6) is 0 Å². The van der Waals surface area contributed by atoms with Crippen LogP contribution in [0.2, 0.25) is 0 Å². The maximum Gasteiger partial charge on any atom is 0.307 e. The van der Waals surface area contributed by atoms with E-state index in [1.54, 1.807) is 6.92 Å². The summed E-state index contributed by atoms with van der Waals surface area (Å²) in [5, 5.41) is 8.79. The summed E-state index contributed by atoms with van der Waals surface area (Å²) in [4.78, 5) is 12.7. The molecule has 94 valence electrons. The Bertz CT molecular complexity index is 338. The van der Waals surface area contributed by atoms with Crippen LogP contribution in [0.25, 0.3) is 0 Å². The smallest absolute Gasteiger partial charge is 0.307 e. The van der Waals surface area contributed by atoms with Crippen molar-refractivity contribution in [2.24, 2.45) is 5.92 Å². The molecule has 1 aliphatic heterocycles. The van der Waals surface area contributed by atoms with E-state index in [4.69, 9.17) is 5.11 Å². The summed E-state index contributed by atoms with van der Waals surface area (Å²) in [5.41, 5.74) is 0. The van der Waals surface area contributed by atoms with E-state index in [9.17, 15) is 13.2 Å². The van der Waals surface area contributed by atoms with Gasteiger partial charge in [-0.1, -0.05) is 6.92 Å². The van der Waals surface area contributed by atoms with Gasteiger partial charge in [-0.2, -0.15) is 0 Å². The van der Waals surface area contributed by atoms with Gasteiger partial charge >= 0.3 is 5.97 Å². The molecular weight excluding hydrogens is 230 g/mol. The predicted molar refractivity (Wildman–Crippen MR) is 61.1 cm³/mol. The molecule has 1 saturated heterocycles. The van der Waals surface area contributed by atoms with Gasteiger partial charge in [0.25, 0.3) is 0 Å². The molecule has 0 amide bonds. The van der Waals surface area contributed by atoms with Crippen LogP contribution in [0, 0.1) is 5.92 Å². The largest absolute Gasteiger partial charge is 0.481 e. The number of hydrogen-bond acceptors (Lipinski definition) is 4. The molecular formula is C10H19NO4S. The van der Waals surface area contributed by atoms with Gasteiger partial charge in [0, 0.05) is 12.6 Å². The minimum absolute atomic E-state index is 0.199. The molecule has 1 aliphatic rings. The zero-order chi connectivity index (χ0) is 12.3. The number of rotatable bonds is 4. The minimum Gasteiger partial charge on any atom is -0.481 e. The van der Waals surface area contributed by atoms with Gasteiger partial charge in [0.05, 0.1) is 17.4 Å². The molecule has 16 heavy (non-hydrogen) atoms. The Balaban J connectivity index is 2.45. The second kappa shape index (κ2) is 5.14. The third-order valence-corrected chi connectivity index (χ3v) is 4.85. The fourth-order valence-electron chi connectivity index (χ4n) is 1.98. The van der Waals surface area contributed by atoms with Crippen molar-refractivity contribution in [2.45, 2.75) is 25.8 Å². The highest BCUT2D eigenvalue weighted by molar-refractivity contribution is 7.91. The molecule has 1 atom stereocenters. The molecule has 1 unspecified atom stereocenters. The lowest BCUT2D eigenvalue weighted by atomic mass is 10.1. The predicted octanol–water partition coefficient (Wildman–Crippen LogP) is 0.216. The van der Waals surface area contributed by atoms with Crippen molar-refractivity contribution in [3.63, 3.8) is 0 Å². The number of nitrogens with zero attached hydrogens (tertiary/aromatic N) is 1. The molecule has 0 spiro atoms. The third kappa shape index (κ3) is 3.75. The van der Waals surface area contributed by atoms with Gasteiger partial charge in [-0.15, -0.1) is 0 Å². The molecule has 0 aromatic heterocycles. The Kier molecular flexibility index (Phi) is 4.32. The first kappa shape index (κ1) is 13.4. The number of aliphatic carboxylic acids is 1. The van der Waals surface area contributed by atoms with Crippen LogP contribution in [0.3, 0.4) is 0 Å². The van der Waals surface area contributed by atoms with Gasteiger partial charge in [0.1, 0.15) is 9.84 Å². The number of sulfone groups is 1. The maximum atomic E-state index is 11.2. The quantitative estimate of drug-likeness (QED) is 0.771. The van der Waals surface area contributed by atoms with Crippen molar-refractivity contribution in [3.8, 4) is 0 Å². The van der Waals surface area contributed by atoms with E-state index >= 15 is 0 Å². The molecule has 0 saturated carbocycles. The van der Waals surface area contributed by atoms with E-state index in [0.717, 1.165) is 0 Å². The number of carboxylic acid groups (broad SMARTS) is 1. The zero-order valence-corrected chi connectivity index (χ0v) is 10.5. The summed E-state index contributed by atoms with van der Waals surface area (Å²) in [6, 6.07) is 0.199. The lowest BCUT2D eigenvalue weighted by Crippen LogP contribution is -2.41. The van der Waals surface area contributed by atoms with Crippen molar-refractivity contribution >= 4 is 15.8 Å². The normalized spacial score (nSPS) is 23.2. The van der Waals surface area contributed by atoms with E-state index in [-0.39, 0.29) is 17.5 Å². The van der Waals surface area contributed by atoms with Crippen LogP contribution >= 0.6 is 0 Å². The molecule has 5 nitrogen and oxygen atoms in total. The van der Waals surface area contributed by atoms with Crippen LogP contribution in [0.15, 0.2) is 0 Å². The van der Waals surface area contributed by atoms with E-state index < -0.39 is 21.7 Å². The van der Waals surface area contributed by atoms with Crippen LogP contribution in [-0.2, 0) is 14.6 Å². The molecule has 1 N–H and O–H groups in total. The summed E-state index contributed by atoms with van der Waals surface area (Å²) in [6.45, 7) is 2.14. The van der Waals surface area contributed by atoms with Crippen molar-refractivity contribution in [1.29, 1.82) is 0 Å². The van der Waals surface area contributed by atoms with Gasteiger partial charge < -0.3 is 10.0 Å². The van der Waals surface area contributed by atoms with Gasteiger partial charge in [-0.25, -0.2) is 8.42 Å². The average Bonchev–Trinajstić information content (AvgIpc) is 2.17. The first-order chi connectivity index (χ1) is 7.32. The fraction of sp³-hybridized carbons (Fsp3) is 0.900. The van der Waals surface area contributed by atoms with Crippen molar-refractivity contribution in [1.82, 2.24) is 4.90 Å². The molecule has 0 bridgehead atoms. The second-order valence-electron chi connectivity index (χ2n) is 4.56. The standard InChI is InChI=1S/C10H19NO4S/c1-8(10(12)13)7-11(2)9-3-5-16(14,15)6-4-9/h8-9H,3-7H2,1-2H3,(H,12,13). The zero-order valence-electron chi connectivity index (χ0n) is 9.72. The molecule has 0 aliphatic carbocycles. The topological polar surface area (TPSA) is 74.7 Å². The highest BCUT2D eigenvalue weighted by atomic mass is 32.2. The molecule has 0 radical (unpaired) electrons. The molecule has 1 rings (SSSR count). The SMILES string of the molecule is CC(CN(C)C1CCS(=O)(=O)CC1)C(=O)O. The lowest BCUT2D eigenvalue weighted by molar-refractivity contribution is -0.141. The molecule has 0 aromatic rings. The Hall–Kier alpha value is -0.620. The van der Waals surface area contributed by atoms with Crippen LogP contribution < -0.4 is 0 Å². The van der Waals surface area contributed by atoms with Gasteiger partial charge in [0.2, 0.25) is 0 Å². The third-order valence-electron chi connectivity index (χ3n) is 3.13. The fourth-order valence-corrected chi connectivity index (χ4v) is 3.44. The van der Waals surface area contributed by atoms with E-state index in [0.29, 0.717) is 19.4 Å². The maximum absolute atomic E-state index is 11.2. The lowest BCUT2D eigenvalue weighted by Gasteiger charge is -2.31. The average molecular weight is 249 g/mol. The summed E-state index contributed by atoms with van der Waals surface area (Å²) in [6.07, 6.45) is 1.23. The van der Waals surface area contributed by atoms with E-state index in [2.05, 4.69) is 0 Å². The Morgan fingerprint density at radius 1 is 1.44 bits per heavy atom. The van der Waals surface area contributed by atoms with Crippen molar-refractivity contribution in [3.05, 3.63) is 0 Å². The summed E-state index contributed by atoms with van der Waals surface area (Å²) in [7, 11) is -0.974. The van der Waals surface area contributed by atoms with E-state index in [1.807, 2.05) is 11.9 Å². The highest BCUT2D eigenvalue weighted by Gasteiger charge is 2.27. The van der Waals surface area contributed by atoms with Crippen molar-refractivity contribution in [2.75, 3.05) is 25.1 Å².